The van der Waals surface area contributed by atoms with Crippen molar-refractivity contribution in [3.8, 4) is 0 Å². The lowest BCUT2D eigenvalue weighted by molar-refractivity contribution is 0.0542. The monoisotopic (exact) mass is 581 g/mol. The molecule has 2 atom stereocenters. The Labute approximate surface area is 246 Å². The number of aryl methyl sites for hydroxylation is 1. The molecule has 0 radical (unpaired) electrons. The van der Waals surface area contributed by atoms with E-state index < -0.39 is 10.0 Å². The summed E-state index contributed by atoms with van der Waals surface area (Å²) in [6.07, 6.45) is 13.5. The summed E-state index contributed by atoms with van der Waals surface area (Å²) in [6, 6.07) is 11.5. The summed E-state index contributed by atoms with van der Waals surface area (Å²) < 4.78 is 25.4. The number of likely N-dealkylation sites (tertiary alicyclic amines) is 2. The normalized spacial score (nSPS) is 23.7. The van der Waals surface area contributed by atoms with E-state index in [4.69, 9.17) is 0 Å². The zero-order valence-corrected chi connectivity index (χ0v) is 25.9. The molecule has 2 aromatic rings. The smallest absolute Gasteiger partial charge is 0.272 e. The van der Waals surface area contributed by atoms with Gasteiger partial charge in [-0.3, -0.25) is 4.79 Å². The van der Waals surface area contributed by atoms with Crippen LogP contribution in [-0.2, 0) is 16.4 Å². The minimum atomic E-state index is -3.16. The number of piperidine rings is 2. The van der Waals surface area contributed by atoms with Crippen LogP contribution < -0.4 is 0 Å². The summed E-state index contributed by atoms with van der Waals surface area (Å²) in [5, 5.41) is 0. The second-order valence-corrected chi connectivity index (χ2v) is 14.6. The standard InChI is InChI=1S/C32H47N5O3S/c1-24-30(13-12-25-8-7-11-27(22-25)26-9-5-4-6-10-26)33-23-34-31(24)32(38)37-20-16-29(17-21-37)36-18-14-28(15-19-36)35(2)41(3,39)40/h4-6,9-10,23,25,27-29H,7-8,11-22H2,1-3H3/t25-,27-/m1/s1. The molecule has 0 bridgehead atoms. The summed E-state index contributed by atoms with van der Waals surface area (Å²) in [5.74, 6) is 1.37. The average Bonchev–Trinajstić information content (AvgIpc) is 3.00. The van der Waals surface area contributed by atoms with E-state index in [9.17, 15) is 13.2 Å². The van der Waals surface area contributed by atoms with Crippen LogP contribution in [0.5, 0.6) is 0 Å². The zero-order chi connectivity index (χ0) is 29.0. The molecule has 0 N–H and O–H groups in total. The predicted molar refractivity (Wildman–Crippen MR) is 162 cm³/mol. The SMILES string of the molecule is Cc1c(CC[C@H]2CCC[C@@H](c3ccccc3)C2)ncnc1C(=O)N1CCC(N2CCC(N(C)S(C)(=O)=O)CC2)CC1. The number of sulfonamides is 1. The minimum absolute atomic E-state index is 0.0277. The second-order valence-electron chi connectivity index (χ2n) is 12.5. The van der Waals surface area contributed by atoms with Gasteiger partial charge in [-0.05, 0) is 88.8 Å². The number of rotatable bonds is 8. The van der Waals surface area contributed by atoms with Gasteiger partial charge in [0.1, 0.15) is 12.0 Å². The Kier molecular flexibility index (Phi) is 9.77. The molecule has 3 heterocycles. The average molecular weight is 582 g/mol. The lowest BCUT2D eigenvalue weighted by atomic mass is 9.76. The highest BCUT2D eigenvalue weighted by Gasteiger charge is 2.33. The molecule has 1 amide bonds. The van der Waals surface area contributed by atoms with Crippen LogP contribution in [0.2, 0.25) is 0 Å². The van der Waals surface area contributed by atoms with E-state index in [1.807, 2.05) is 11.8 Å². The number of carbonyl (C=O) groups is 1. The van der Waals surface area contributed by atoms with Gasteiger partial charge in [0.15, 0.2) is 0 Å². The van der Waals surface area contributed by atoms with Crippen molar-refractivity contribution in [2.75, 3.05) is 39.5 Å². The molecule has 0 spiro atoms. The molecule has 224 valence electrons. The molecule has 2 saturated heterocycles. The van der Waals surface area contributed by atoms with Crippen molar-refractivity contribution in [3.05, 3.63) is 59.2 Å². The maximum Gasteiger partial charge on any atom is 0.272 e. The number of carbonyl (C=O) groups excluding carboxylic acids is 1. The van der Waals surface area contributed by atoms with E-state index in [1.54, 1.807) is 13.4 Å². The Bertz CT molecular complexity index is 1270. The van der Waals surface area contributed by atoms with Crippen LogP contribution in [0.15, 0.2) is 36.7 Å². The minimum Gasteiger partial charge on any atom is -0.337 e. The number of nitrogens with zero attached hydrogens (tertiary/aromatic N) is 5. The maximum absolute atomic E-state index is 13.5. The van der Waals surface area contributed by atoms with E-state index >= 15 is 0 Å². The quantitative estimate of drug-likeness (QED) is 0.451. The second kappa shape index (κ2) is 13.3. The highest BCUT2D eigenvalue weighted by molar-refractivity contribution is 7.88. The summed E-state index contributed by atoms with van der Waals surface area (Å²) in [4.78, 5) is 27.0. The van der Waals surface area contributed by atoms with Crippen LogP contribution in [0, 0.1) is 12.8 Å². The van der Waals surface area contributed by atoms with Gasteiger partial charge in [0, 0.05) is 43.5 Å². The number of aromatic nitrogens is 2. The van der Waals surface area contributed by atoms with Crippen LogP contribution >= 0.6 is 0 Å². The molecule has 1 saturated carbocycles. The molecular formula is C32H47N5O3S. The van der Waals surface area contributed by atoms with Gasteiger partial charge in [0.25, 0.3) is 5.91 Å². The van der Waals surface area contributed by atoms with Gasteiger partial charge in [0.05, 0.1) is 6.26 Å². The lowest BCUT2D eigenvalue weighted by Crippen LogP contribution is -2.52. The fraction of sp³-hybridized carbons (Fsp3) is 0.656. The molecule has 3 fully saturated rings. The van der Waals surface area contributed by atoms with E-state index in [2.05, 4.69) is 45.2 Å². The van der Waals surface area contributed by atoms with E-state index in [-0.39, 0.29) is 11.9 Å². The number of benzene rings is 1. The molecule has 1 aromatic heterocycles. The third-order valence-electron chi connectivity index (χ3n) is 10.0. The van der Waals surface area contributed by atoms with Gasteiger partial charge in [-0.15, -0.1) is 0 Å². The van der Waals surface area contributed by atoms with Crippen LogP contribution in [0.1, 0.15) is 91.0 Å². The topological polar surface area (TPSA) is 86.7 Å². The summed E-state index contributed by atoms with van der Waals surface area (Å²) >= 11 is 0. The molecule has 2 aliphatic heterocycles. The van der Waals surface area contributed by atoms with Gasteiger partial charge >= 0.3 is 0 Å². The van der Waals surface area contributed by atoms with E-state index in [0.29, 0.717) is 23.6 Å². The maximum atomic E-state index is 13.5. The van der Waals surface area contributed by atoms with E-state index in [0.717, 1.165) is 76.0 Å². The van der Waals surface area contributed by atoms with Gasteiger partial charge in [-0.1, -0.05) is 43.2 Å². The first-order valence-electron chi connectivity index (χ1n) is 15.5. The van der Waals surface area contributed by atoms with Crippen LogP contribution in [0.4, 0.5) is 0 Å². The van der Waals surface area contributed by atoms with Crippen LogP contribution in [0.25, 0.3) is 0 Å². The van der Waals surface area contributed by atoms with Crippen molar-refractivity contribution >= 4 is 15.9 Å². The van der Waals surface area contributed by atoms with Gasteiger partial charge in [-0.2, -0.15) is 0 Å². The predicted octanol–water partition coefficient (Wildman–Crippen LogP) is 4.65. The van der Waals surface area contributed by atoms with E-state index in [1.165, 1.54) is 41.8 Å². The zero-order valence-electron chi connectivity index (χ0n) is 25.0. The Morgan fingerprint density at radius 1 is 0.976 bits per heavy atom. The largest absolute Gasteiger partial charge is 0.337 e. The molecular weight excluding hydrogens is 534 g/mol. The molecule has 9 heteroatoms. The molecule has 41 heavy (non-hydrogen) atoms. The first-order valence-corrected chi connectivity index (χ1v) is 17.4. The molecule has 1 aromatic carbocycles. The van der Waals surface area contributed by atoms with Gasteiger partial charge in [0.2, 0.25) is 10.0 Å². The highest BCUT2D eigenvalue weighted by Crippen LogP contribution is 2.38. The van der Waals surface area contributed by atoms with Crippen molar-refractivity contribution in [1.29, 1.82) is 0 Å². The third kappa shape index (κ3) is 7.35. The molecule has 0 unspecified atom stereocenters. The number of hydrogen-bond donors (Lipinski definition) is 0. The first-order chi connectivity index (χ1) is 19.7. The number of amides is 1. The van der Waals surface area contributed by atoms with Gasteiger partial charge in [-0.25, -0.2) is 22.7 Å². The fourth-order valence-electron chi connectivity index (χ4n) is 7.35. The lowest BCUT2D eigenvalue weighted by Gasteiger charge is -2.43. The molecule has 3 aliphatic rings. The van der Waals surface area contributed by atoms with Crippen LogP contribution in [-0.4, -0.2) is 90.0 Å². The third-order valence-corrected chi connectivity index (χ3v) is 11.4. The van der Waals surface area contributed by atoms with Gasteiger partial charge < -0.3 is 9.80 Å². The Hall–Kier alpha value is -2.36. The van der Waals surface area contributed by atoms with Crippen LogP contribution in [0.3, 0.4) is 0 Å². The Morgan fingerprint density at radius 3 is 2.37 bits per heavy atom. The highest BCUT2D eigenvalue weighted by atomic mass is 32.2. The fourth-order valence-corrected chi connectivity index (χ4v) is 8.10. The van der Waals surface area contributed by atoms with Crippen molar-refractivity contribution in [2.24, 2.45) is 5.92 Å². The first kappa shape index (κ1) is 30.1. The summed E-state index contributed by atoms with van der Waals surface area (Å²) in [5.41, 5.74) is 3.98. The Morgan fingerprint density at radius 2 is 1.68 bits per heavy atom. The van der Waals surface area contributed by atoms with Crippen molar-refractivity contribution in [3.63, 3.8) is 0 Å². The molecule has 1 aliphatic carbocycles. The molecule has 8 nitrogen and oxygen atoms in total. The van der Waals surface area contributed by atoms with Crippen molar-refractivity contribution in [1.82, 2.24) is 24.1 Å². The Balaban J connectivity index is 1.11. The molecule has 5 rings (SSSR count). The van der Waals surface area contributed by atoms with Crippen molar-refractivity contribution in [2.45, 2.75) is 89.1 Å². The number of hydrogen-bond acceptors (Lipinski definition) is 6. The summed E-state index contributed by atoms with van der Waals surface area (Å²) in [6.45, 7) is 5.29. The van der Waals surface area contributed by atoms with Crippen molar-refractivity contribution < 1.29 is 13.2 Å². The summed E-state index contributed by atoms with van der Waals surface area (Å²) in [7, 11) is -1.46.